The fourth-order valence-electron chi connectivity index (χ4n) is 6.32. The van der Waals surface area contributed by atoms with Gasteiger partial charge in [0.25, 0.3) is 0 Å². The van der Waals surface area contributed by atoms with Crippen molar-refractivity contribution in [3.05, 3.63) is 118 Å². The van der Waals surface area contributed by atoms with Gasteiger partial charge < -0.3 is 5.11 Å². The molecule has 2 rings (SSSR count). The molecular formula is C40H58O. The van der Waals surface area contributed by atoms with E-state index in [1.54, 1.807) is 0 Å². The zero-order valence-electron chi connectivity index (χ0n) is 27.9. The molecule has 0 saturated heterocycles. The van der Waals surface area contributed by atoms with Gasteiger partial charge >= 0.3 is 0 Å². The Morgan fingerprint density at radius 2 is 1.39 bits per heavy atom. The Labute approximate surface area is 253 Å². The molecule has 2 aliphatic rings. The van der Waals surface area contributed by atoms with Gasteiger partial charge in [-0.2, -0.15) is 0 Å². The van der Waals surface area contributed by atoms with E-state index in [-0.39, 0.29) is 11.5 Å². The van der Waals surface area contributed by atoms with Crippen LogP contribution in [0.4, 0.5) is 0 Å². The van der Waals surface area contributed by atoms with E-state index in [9.17, 15) is 5.11 Å². The van der Waals surface area contributed by atoms with Crippen LogP contribution < -0.4 is 0 Å². The highest BCUT2D eigenvalue weighted by Crippen LogP contribution is 2.43. The molecular weight excluding hydrogens is 496 g/mol. The summed E-state index contributed by atoms with van der Waals surface area (Å²) in [5.41, 5.74) is 9.98. The highest BCUT2D eigenvalue weighted by atomic mass is 16.3. The topological polar surface area (TPSA) is 20.2 Å². The van der Waals surface area contributed by atoms with E-state index < -0.39 is 0 Å². The summed E-state index contributed by atoms with van der Waals surface area (Å²) >= 11 is 0. The average Bonchev–Trinajstić information content (AvgIpc) is 2.84. The first-order valence-electron chi connectivity index (χ1n) is 15.6. The van der Waals surface area contributed by atoms with Gasteiger partial charge in [-0.1, -0.05) is 146 Å². The van der Waals surface area contributed by atoms with Crippen molar-refractivity contribution in [3.63, 3.8) is 0 Å². The third-order valence-electron chi connectivity index (χ3n) is 8.82. The van der Waals surface area contributed by atoms with Gasteiger partial charge in [0.2, 0.25) is 0 Å². The van der Waals surface area contributed by atoms with Crippen LogP contribution in [-0.2, 0) is 0 Å². The van der Waals surface area contributed by atoms with Crippen LogP contribution in [0.3, 0.4) is 0 Å². The Balaban J connectivity index is 1.84. The Bertz CT molecular complexity index is 1190. The molecule has 0 aromatic rings. The lowest BCUT2D eigenvalue weighted by Crippen LogP contribution is -2.29. The predicted octanol–water partition coefficient (Wildman–Crippen LogP) is 11.7. The second-order valence-electron chi connectivity index (χ2n) is 13.9. The maximum Gasteiger partial charge on any atom is 0.0585 e. The van der Waals surface area contributed by atoms with E-state index in [2.05, 4.69) is 148 Å². The number of aliphatic hydroxyl groups excluding tert-OH is 1. The first kappa shape index (κ1) is 34.6. The quantitative estimate of drug-likeness (QED) is 0.199. The largest absolute Gasteiger partial charge is 0.393 e. The molecule has 2 unspecified atom stereocenters. The van der Waals surface area contributed by atoms with Crippen molar-refractivity contribution >= 4 is 0 Å². The average molecular weight is 555 g/mol. The van der Waals surface area contributed by atoms with Crippen molar-refractivity contribution in [2.24, 2.45) is 16.7 Å². The first-order chi connectivity index (χ1) is 19.2. The number of hydrogen-bond acceptors (Lipinski definition) is 1. The first-order valence-corrected chi connectivity index (χ1v) is 15.6. The number of allylic oxidation sites excluding steroid dienone is 19. The van der Waals surface area contributed by atoms with Gasteiger partial charge in [-0.3, -0.25) is 0 Å². The van der Waals surface area contributed by atoms with Gasteiger partial charge in [0.1, 0.15) is 0 Å². The number of hydrogen-bond donors (Lipinski definition) is 1. The summed E-state index contributed by atoms with van der Waals surface area (Å²) in [6.07, 6.45) is 34.7. The molecule has 0 radical (unpaired) electrons. The maximum absolute atomic E-state index is 10.1. The molecule has 2 atom stereocenters. The minimum Gasteiger partial charge on any atom is -0.393 e. The Hall–Kier alpha value is -2.64. The van der Waals surface area contributed by atoms with E-state index in [1.165, 1.54) is 51.9 Å². The van der Waals surface area contributed by atoms with Crippen LogP contribution in [0, 0.1) is 16.7 Å². The smallest absolute Gasteiger partial charge is 0.0585 e. The monoisotopic (exact) mass is 554 g/mol. The predicted molar refractivity (Wildman–Crippen MR) is 183 cm³/mol. The maximum atomic E-state index is 10.1. The number of aliphatic hydroxyl groups is 1. The van der Waals surface area contributed by atoms with Gasteiger partial charge in [0.15, 0.2) is 0 Å². The molecule has 1 nitrogen and oxygen atoms in total. The normalized spacial score (nSPS) is 24.9. The van der Waals surface area contributed by atoms with E-state index in [0.717, 1.165) is 25.7 Å². The second kappa shape index (κ2) is 16.1. The zero-order valence-corrected chi connectivity index (χ0v) is 27.9. The van der Waals surface area contributed by atoms with Gasteiger partial charge in [0.05, 0.1) is 6.10 Å². The van der Waals surface area contributed by atoms with Crippen molar-refractivity contribution in [2.75, 3.05) is 0 Å². The molecule has 0 spiro atoms. The summed E-state index contributed by atoms with van der Waals surface area (Å²) in [6.45, 7) is 22.5. The van der Waals surface area contributed by atoms with Crippen LogP contribution >= 0.6 is 0 Å². The fourth-order valence-corrected chi connectivity index (χ4v) is 6.32. The summed E-state index contributed by atoms with van der Waals surface area (Å²) in [4.78, 5) is 0. The van der Waals surface area contributed by atoms with Gasteiger partial charge in [-0.15, -0.1) is 0 Å². The standard InChI is InChI=1S/C40H58O/c1-30(18-13-20-32(3)23-25-37-34(5)22-15-27-39(37,7)8)16-11-12-17-31(2)19-14-21-33(4)24-26-38-35(6)28-36(41)29-40(38,9)10/h11-14,16-23,25,36-37,41H,15,24,26-29H2,1-10H3/b12-11+,18-13+,19-14+,25-23+,30-16+,31-17+,32-20+,33-21+. The second-order valence-corrected chi connectivity index (χ2v) is 13.9. The molecule has 0 aromatic carbocycles. The zero-order chi connectivity index (χ0) is 30.6. The SMILES string of the molecule is CC1=CCCC(C)(C)C1/C=C/C(C)=C/C=C/C(C)=C/C=C/C=C(C)/C=C/C=C(\C)CCC1=C(C)CC(O)CC1(C)C. The van der Waals surface area contributed by atoms with Crippen LogP contribution in [0.2, 0.25) is 0 Å². The van der Waals surface area contributed by atoms with E-state index in [4.69, 9.17) is 0 Å². The van der Waals surface area contributed by atoms with Crippen LogP contribution in [0.1, 0.15) is 108 Å². The van der Waals surface area contributed by atoms with E-state index >= 15 is 0 Å². The van der Waals surface area contributed by atoms with Gasteiger partial charge in [-0.25, -0.2) is 0 Å². The Morgan fingerprint density at radius 3 is 1.98 bits per heavy atom. The van der Waals surface area contributed by atoms with Crippen LogP contribution in [-0.4, -0.2) is 11.2 Å². The summed E-state index contributed by atoms with van der Waals surface area (Å²) < 4.78 is 0. The summed E-state index contributed by atoms with van der Waals surface area (Å²) in [5.74, 6) is 0.527. The van der Waals surface area contributed by atoms with Crippen molar-refractivity contribution in [3.8, 4) is 0 Å². The lowest BCUT2D eigenvalue weighted by Gasteiger charge is -2.37. The Morgan fingerprint density at radius 1 is 0.829 bits per heavy atom. The van der Waals surface area contributed by atoms with Crippen LogP contribution in [0.25, 0.3) is 0 Å². The van der Waals surface area contributed by atoms with Gasteiger partial charge in [0, 0.05) is 5.92 Å². The summed E-state index contributed by atoms with van der Waals surface area (Å²) in [7, 11) is 0. The minimum absolute atomic E-state index is 0.0994. The highest BCUT2D eigenvalue weighted by molar-refractivity contribution is 5.32. The molecule has 2 aliphatic carbocycles. The van der Waals surface area contributed by atoms with Gasteiger partial charge in [-0.05, 0) is 90.9 Å². The fraction of sp³-hybridized carbons (Fsp3) is 0.500. The molecule has 1 heteroatoms. The third-order valence-corrected chi connectivity index (χ3v) is 8.82. The minimum atomic E-state index is -0.187. The molecule has 0 bridgehead atoms. The lowest BCUT2D eigenvalue weighted by atomic mass is 9.68. The molecule has 0 saturated carbocycles. The molecule has 0 fully saturated rings. The van der Waals surface area contributed by atoms with Crippen LogP contribution in [0.5, 0.6) is 0 Å². The van der Waals surface area contributed by atoms with Crippen LogP contribution in [0.15, 0.2) is 118 Å². The third kappa shape index (κ3) is 12.0. The van der Waals surface area contributed by atoms with E-state index in [0.29, 0.717) is 11.3 Å². The highest BCUT2D eigenvalue weighted by Gasteiger charge is 2.32. The lowest BCUT2D eigenvalue weighted by molar-refractivity contribution is 0.113. The Kier molecular flexibility index (Phi) is 13.6. The molecule has 0 heterocycles. The molecule has 0 aliphatic heterocycles. The molecule has 1 N–H and O–H groups in total. The molecule has 0 aromatic heterocycles. The summed E-state index contributed by atoms with van der Waals surface area (Å²) in [6, 6.07) is 0. The summed E-state index contributed by atoms with van der Waals surface area (Å²) in [5, 5.41) is 10.1. The number of rotatable bonds is 11. The molecule has 224 valence electrons. The van der Waals surface area contributed by atoms with E-state index in [1.807, 2.05) is 0 Å². The van der Waals surface area contributed by atoms with Crippen molar-refractivity contribution < 1.29 is 5.11 Å². The molecule has 41 heavy (non-hydrogen) atoms. The van der Waals surface area contributed by atoms with Crippen molar-refractivity contribution in [1.29, 1.82) is 0 Å². The van der Waals surface area contributed by atoms with Crippen molar-refractivity contribution in [1.82, 2.24) is 0 Å². The molecule has 0 amide bonds. The van der Waals surface area contributed by atoms with Crippen molar-refractivity contribution in [2.45, 2.75) is 114 Å².